The molecule has 7 heteroatoms. The van der Waals surface area contributed by atoms with Gasteiger partial charge in [0.05, 0.1) is 0 Å². The van der Waals surface area contributed by atoms with Crippen LogP contribution in [0.1, 0.15) is 23.3 Å². The van der Waals surface area contributed by atoms with Gasteiger partial charge in [0, 0.05) is 5.56 Å². The largest absolute Gasteiger partial charge is 0.517 e. The van der Waals surface area contributed by atoms with Crippen LogP contribution in [0.15, 0.2) is 60.7 Å². The normalized spacial score (nSPS) is 17.1. The maximum atomic E-state index is 11.0. The minimum atomic E-state index is -1.41. The summed E-state index contributed by atoms with van der Waals surface area (Å²) < 4.78 is 8.88. The van der Waals surface area contributed by atoms with Crippen LogP contribution in [0.4, 0.5) is 4.79 Å². The summed E-state index contributed by atoms with van der Waals surface area (Å²) in [7, 11) is 0. The predicted octanol–water partition coefficient (Wildman–Crippen LogP) is 2.23. The summed E-state index contributed by atoms with van der Waals surface area (Å²) in [6, 6.07) is 17.0. The average molecular weight is 330 g/mol. The second kappa shape index (κ2) is 7.89. The van der Waals surface area contributed by atoms with Crippen molar-refractivity contribution < 1.29 is 34.1 Å². The standard InChI is InChI=1S/C9H6O4.C8H8O3/c10-8-7(12-9(11)13-8)6-4-2-1-3-5-6;9-7(8(10)11)6-4-2-1-3-5-6/h1-5,7H;1-5,7,9H,(H,10,11). The van der Waals surface area contributed by atoms with Crippen molar-refractivity contribution in [1.29, 1.82) is 0 Å². The van der Waals surface area contributed by atoms with Gasteiger partial charge in [-0.05, 0) is 5.56 Å². The first-order valence-electron chi connectivity index (χ1n) is 6.92. The molecular formula is C17H14O7. The van der Waals surface area contributed by atoms with E-state index in [9.17, 15) is 14.4 Å². The van der Waals surface area contributed by atoms with Gasteiger partial charge in [0.1, 0.15) is 0 Å². The van der Waals surface area contributed by atoms with Gasteiger partial charge in [-0.25, -0.2) is 14.4 Å². The Morgan fingerprint density at radius 3 is 1.96 bits per heavy atom. The van der Waals surface area contributed by atoms with E-state index < -0.39 is 30.3 Å². The SMILES string of the molecule is O=C(O)C(O)c1ccccc1.O=C1OC(=O)C(c2ccccc2)O1. The van der Waals surface area contributed by atoms with Crippen LogP contribution in [0.3, 0.4) is 0 Å². The van der Waals surface area contributed by atoms with E-state index in [0.29, 0.717) is 11.1 Å². The fraction of sp³-hybridized carbons (Fsp3) is 0.118. The minimum absolute atomic E-state index is 0.403. The Labute approximate surface area is 137 Å². The molecule has 1 fully saturated rings. The zero-order valence-corrected chi connectivity index (χ0v) is 12.4. The molecule has 0 spiro atoms. The van der Waals surface area contributed by atoms with Crippen LogP contribution in [0.25, 0.3) is 0 Å². The van der Waals surface area contributed by atoms with Gasteiger partial charge in [-0.2, -0.15) is 0 Å². The van der Waals surface area contributed by atoms with Crippen LogP contribution in [0.5, 0.6) is 0 Å². The van der Waals surface area contributed by atoms with Crippen molar-refractivity contribution in [2.75, 3.05) is 0 Å². The van der Waals surface area contributed by atoms with Gasteiger partial charge >= 0.3 is 18.1 Å². The Morgan fingerprint density at radius 1 is 0.958 bits per heavy atom. The second-order valence-corrected chi connectivity index (χ2v) is 4.73. The molecule has 0 saturated carbocycles. The molecule has 0 aromatic heterocycles. The number of carbonyl (C=O) groups is 3. The van der Waals surface area contributed by atoms with Gasteiger partial charge in [-0.15, -0.1) is 0 Å². The number of aliphatic carboxylic acids is 1. The topological polar surface area (TPSA) is 110 Å². The second-order valence-electron chi connectivity index (χ2n) is 4.73. The zero-order chi connectivity index (χ0) is 17.5. The smallest absolute Gasteiger partial charge is 0.479 e. The van der Waals surface area contributed by atoms with E-state index in [2.05, 4.69) is 9.47 Å². The minimum Gasteiger partial charge on any atom is -0.479 e. The molecule has 1 aliphatic heterocycles. The highest BCUT2D eigenvalue weighted by molar-refractivity contribution is 5.91. The molecule has 7 nitrogen and oxygen atoms in total. The van der Waals surface area contributed by atoms with Gasteiger partial charge < -0.3 is 19.7 Å². The van der Waals surface area contributed by atoms with Crippen LogP contribution >= 0.6 is 0 Å². The summed E-state index contributed by atoms with van der Waals surface area (Å²) in [5, 5.41) is 17.4. The number of ether oxygens (including phenoxy) is 2. The van der Waals surface area contributed by atoms with Crippen molar-refractivity contribution in [3.8, 4) is 0 Å². The van der Waals surface area contributed by atoms with Gasteiger partial charge in [-0.3, -0.25) is 0 Å². The highest BCUT2D eigenvalue weighted by Crippen LogP contribution is 2.24. The van der Waals surface area contributed by atoms with Crippen LogP contribution in [-0.2, 0) is 19.1 Å². The summed E-state index contributed by atoms with van der Waals surface area (Å²) in [4.78, 5) is 31.8. The first-order valence-corrected chi connectivity index (χ1v) is 6.92. The third-order valence-corrected chi connectivity index (χ3v) is 3.06. The maximum absolute atomic E-state index is 11.0. The molecule has 1 heterocycles. The maximum Gasteiger partial charge on any atom is 0.517 e. The summed E-state index contributed by atoms with van der Waals surface area (Å²) in [5.41, 5.74) is 1.03. The summed E-state index contributed by atoms with van der Waals surface area (Å²) in [5.74, 6) is -1.88. The van der Waals surface area contributed by atoms with Crippen LogP contribution in [0, 0.1) is 0 Å². The van der Waals surface area contributed by atoms with Crippen molar-refractivity contribution in [2.45, 2.75) is 12.2 Å². The fourth-order valence-electron chi connectivity index (χ4n) is 1.91. The molecule has 124 valence electrons. The van der Waals surface area contributed by atoms with Crippen molar-refractivity contribution in [2.24, 2.45) is 0 Å². The molecule has 2 aromatic rings. The Bertz CT molecular complexity index is 712. The molecule has 2 aromatic carbocycles. The number of cyclic esters (lactones) is 3. The Kier molecular flexibility index (Phi) is 5.64. The number of carboxylic acid groups (broad SMARTS) is 1. The molecule has 0 aliphatic carbocycles. The molecular weight excluding hydrogens is 316 g/mol. The van der Waals surface area contributed by atoms with E-state index in [1.807, 2.05) is 6.07 Å². The highest BCUT2D eigenvalue weighted by atomic mass is 16.8. The van der Waals surface area contributed by atoms with Gasteiger partial charge in [0.15, 0.2) is 6.10 Å². The molecule has 24 heavy (non-hydrogen) atoms. The van der Waals surface area contributed by atoms with E-state index in [0.717, 1.165) is 0 Å². The molecule has 1 saturated heterocycles. The molecule has 2 N–H and O–H groups in total. The van der Waals surface area contributed by atoms with E-state index in [1.54, 1.807) is 54.6 Å². The van der Waals surface area contributed by atoms with Crippen molar-refractivity contribution in [3.63, 3.8) is 0 Å². The number of aliphatic hydroxyl groups excluding tert-OH is 1. The van der Waals surface area contributed by atoms with E-state index in [4.69, 9.17) is 10.2 Å². The van der Waals surface area contributed by atoms with Gasteiger partial charge in [0.25, 0.3) is 0 Å². The number of hydrogen-bond acceptors (Lipinski definition) is 6. The molecule has 2 unspecified atom stereocenters. The number of hydrogen-bond donors (Lipinski definition) is 2. The van der Waals surface area contributed by atoms with E-state index in [1.165, 1.54) is 0 Å². The Morgan fingerprint density at radius 2 is 1.50 bits per heavy atom. The fourth-order valence-corrected chi connectivity index (χ4v) is 1.91. The third kappa shape index (κ3) is 4.40. The van der Waals surface area contributed by atoms with Crippen molar-refractivity contribution >= 4 is 18.1 Å². The zero-order valence-electron chi connectivity index (χ0n) is 12.4. The summed E-state index contributed by atoms with van der Waals surface area (Å²) in [6.45, 7) is 0. The Balaban J connectivity index is 0.000000177. The lowest BCUT2D eigenvalue weighted by Gasteiger charge is -2.03. The van der Waals surface area contributed by atoms with E-state index >= 15 is 0 Å². The molecule has 0 radical (unpaired) electrons. The number of benzene rings is 2. The molecule has 2 atom stereocenters. The number of carbonyl (C=O) groups excluding carboxylic acids is 2. The lowest BCUT2D eigenvalue weighted by Crippen LogP contribution is -2.09. The summed E-state index contributed by atoms with van der Waals surface area (Å²) >= 11 is 0. The molecule has 3 rings (SSSR count). The number of carboxylic acids is 1. The number of aliphatic hydroxyl groups is 1. The monoisotopic (exact) mass is 330 g/mol. The third-order valence-electron chi connectivity index (χ3n) is 3.06. The van der Waals surface area contributed by atoms with Crippen molar-refractivity contribution in [1.82, 2.24) is 0 Å². The van der Waals surface area contributed by atoms with Crippen molar-refractivity contribution in [3.05, 3.63) is 71.8 Å². The molecule has 0 amide bonds. The van der Waals surface area contributed by atoms with Crippen LogP contribution < -0.4 is 0 Å². The van der Waals surface area contributed by atoms with Crippen LogP contribution in [0.2, 0.25) is 0 Å². The Hall–Kier alpha value is -3.19. The van der Waals surface area contributed by atoms with Gasteiger partial charge in [-0.1, -0.05) is 60.7 Å². The highest BCUT2D eigenvalue weighted by Gasteiger charge is 2.36. The molecule has 0 bridgehead atoms. The predicted molar refractivity (Wildman–Crippen MR) is 80.8 cm³/mol. The average Bonchev–Trinajstić information content (AvgIpc) is 2.94. The van der Waals surface area contributed by atoms with Crippen LogP contribution in [-0.4, -0.2) is 28.3 Å². The quantitative estimate of drug-likeness (QED) is 0.656. The van der Waals surface area contributed by atoms with E-state index in [-0.39, 0.29) is 0 Å². The first kappa shape index (κ1) is 17.2. The first-order chi connectivity index (χ1) is 11.5. The van der Waals surface area contributed by atoms with Gasteiger partial charge in [0.2, 0.25) is 6.10 Å². The lowest BCUT2D eigenvalue weighted by molar-refractivity contribution is -0.147. The lowest BCUT2D eigenvalue weighted by atomic mass is 10.1. The number of rotatable bonds is 3. The number of esters is 1. The summed E-state index contributed by atoms with van der Waals surface area (Å²) in [6.07, 6.45) is -3.23. The molecule has 1 aliphatic rings.